The van der Waals surface area contributed by atoms with Gasteiger partial charge in [0.05, 0.1) is 11.1 Å². The highest BCUT2D eigenvalue weighted by Crippen LogP contribution is 2.33. The predicted molar refractivity (Wildman–Crippen MR) is 119 cm³/mol. The number of carbonyl (C=O) groups is 5. The zero-order chi connectivity index (χ0) is 23.5. The third-order valence-corrected chi connectivity index (χ3v) is 6.55. The van der Waals surface area contributed by atoms with E-state index >= 15 is 0 Å². The SMILES string of the molecule is BNCCC1CCN(C(=O)COc2cccc3c2C(=O)N(C2CCC(=O)NC2=O)C3=O)CC1. The highest BCUT2D eigenvalue weighted by atomic mass is 16.5. The van der Waals surface area contributed by atoms with Gasteiger partial charge in [-0.2, -0.15) is 0 Å². The molecule has 0 spiro atoms. The quantitative estimate of drug-likeness (QED) is 0.410. The maximum atomic E-state index is 13.1. The van der Waals surface area contributed by atoms with Gasteiger partial charge in [-0.1, -0.05) is 6.07 Å². The summed E-state index contributed by atoms with van der Waals surface area (Å²) in [5.74, 6) is -1.79. The molecule has 3 heterocycles. The van der Waals surface area contributed by atoms with Gasteiger partial charge < -0.3 is 14.9 Å². The molecule has 0 aliphatic carbocycles. The van der Waals surface area contributed by atoms with Crippen LogP contribution in [0.2, 0.25) is 0 Å². The van der Waals surface area contributed by atoms with Crippen molar-refractivity contribution in [1.29, 1.82) is 0 Å². The number of amides is 5. The fraction of sp³-hybridized carbons (Fsp3) is 0.500. The van der Waals surface area contributed by atoms with Crippen LogP contribution in [0.1, 0.15) is 52.8 Å². The molecule has 1 unspecified atom stereocenters. The molecule has 2 saturated heterocycles. The van der Waals surface area contributed by atoms with E-state index in [9.17, 15) is 24.0 Å². The summed E-state index contributed by atoms with van der Waals surface area (Å²) in [6.45, 7) is 2.06. The lowest BCUT2D eigenvalue weighted by Crippen LogP contribution is -2.54. The Morgan fingerprint density at radius 1 is 1.12 bits per heavy atom. The number of nitrogens with one attached hydrogen (secondary N) is 2. The van der Waals surface area contributed by atoms with E-state index in [0.29, 0.717) is 19.0 Å². The average molecular weight is 454 g/mol. The first-order valence-electron chi connectivity index (χ1n) is 11.3. The van der Waals surface area contributed by atoms with E-state index in [4.69, 9.17) is 4.74 Å². The van der Waals surface area contributed by atoms with Crippen molar-refractivity contribution in [2.75, 3.05) is 26.2 Å². The van der Waals surface area contributed by atoms with Gasteiger partial charge in [-0.05, 0) is 50.3 Å². The van der Waals surface area contributed by atoms with Crippen molar-refractivity contribution in [1.82, 2.24) is 20.3 Å². The number of hydrogen-bond donors (Lipinski definition) is 2. The standard InChI is InChI=1S/C22H27BN4O6/c23-24-9-6-13-7-10-26(11-8-13)18(29)12-33-16-3-1-2-14-19(16)22(32)27(21(14)31)15-4-5-17(28)25-20(15)30/h1-3,13,15,24H,4-12,23H2,(H,25,28,30). The van der Waals surface area contributed by atoms with Gasteiger partial charge in [0.25, 0.3) is 17.7 Å². The van der Waals surface area contributed by atoms with Gasteiger partial charge in [0.15, 0.2) is 14.6 Å². The number of rotatable bonds is 7. The molecular weight excluding hydrogens is 427 g/mol. The van der Waals surface area contributed by atoms with Crippen LogP contribution < -0.4 is 15.3 Å². The van der Waals surface area contributed by atoms with Crippen LogP contribution in [0.15, 0.2) is 18.2 Å². The highest BCUT2D eigenvalue weighted by Gasteiger charge is 2.46. The molecule has 4 rings (SSSR count). The molecule has 3 aliphatic heterocycles. The lowest BCUT2D eigenvalue weighted by Gasteiger charge is -2.32. The third-order valence-electron chi connectivity index (χ3n) is 6.55. The number of nitrogens with zero attached hydrogens (tertiary/aromatic N) is 2. The Bertz CT molecular complexity index is 991. The fourth-order valence-corrected chi connectivity index (χ4v) is 4.65. The first-order chi connectivity index (χ1) is 15.9. The Morgan fingerprint density at radius 2 is 1.88 bits per heavy atom. The van der Waals surface area contributed by atoms with Gasteiger partial charge in [0.1, 0.15) is 11.8 Å². The van der Waals surface area contributed by atoms with E-state index in [1.165, 1.54) is 12.1 Å². The summed E-state index contributed by atoms with van der Waals surface area (Å²) in [5.41, 5.74) is 0.172. The molecule has 5 amide bonds. The molecule has 3 aliphatic rings. The molecule has 174 valence electrons. The molecule has 33 heavy (non-hydrogen) atoms. The number of hydrogen-bond acceptors (Lipinski definition) is 7. The van der Waals surface area contributed by atoms with Gasteiger partial charge in [-0.25, -0.2) is 0 Å². The molecule has 11 heteroatoms. The Kier molecular flexibility index (Phi) is 6.78. The van der Waals surface area contributed by atoms with Crippen LogP contribution in [0.25, 0.3) is 0 Å². The lowest BCUT2D eigenvalue weighted by molar-refractivity contribution is -0.136. The number of likely N-dealkylation sites (tertiary alicyclic amines) is 1. The summed E-state index contributed by atoms with van der Waals surface area (Å²) in [5, 5.41) is 5.32. The Morgan fingerprint density at radius 3 is 2.58 bits per heavy atom. The second-order valence-corrected chi connectivity index (χ2v) is 8.63. The smallest absolute Gasteiger partial charge is 0.266 e. The molecule has 1 aromatic rings. The normalized spacial score (nSPS) is 21.3. The summed E-state index contributed by atoms with van der Waals surface area (Å²) in [7, 11) is 1.93. The van der Waals surface area contributed by atoms with Gasteiger partial charge in [-0.15, -0.1) is 0 Å². The van der Waals surface area contributed by atoms with E-state index in [0.717, 1.165) is 30.7 Å². The van der Waals surface area contributed by atoms with Crippen molar-refractivity contribution in [2.45, 2.75) is 38.1 Å². The molecule has 2 fully saturated rings. The van der Waals surface area contributed by atoms with Gasteiger partial charge >= 0.3 is 0 Å². The summed E-state index contributed by atoms with van der Waals surface area (Å²) in [6.07, 6.45) is 3.11. The number of piperidine rings is 2. The van der Waals surface area contributed by atoms with Crippen LogP contribution in [0, 0.1) is 5.92 Å². The van der Waals surface area contributed by atoms with Crippen molar-refractivity contribution in [3.05, 3.63) is 29.3 Å². The number of fused-ring (bicyclic) bond motifs is 1. The van der Waals surface area contributed by atoms with Crippen molar-refractivity contribution in [3.8, 4) is 5.75 Å². The van der Waals surface area contributed by atoms with Crippen LogP contribution in [0.3, 0.4) is 0 Å². The minimum atomic E-state index is -1.05. The fourth-order valence-electron chi connectivity index (χ4n) is 4.65. The molecular formula is C22H27BN4O6. The summed E-state index contributed by atoms with van der Waals surface area (Å²) in [4.78, 5) is 64.9. The van der Waals surface area contributed by atoms with E-state index < -0.39 is 29.7 Å². The van der Waals surface area contributed by atoms with E-state index in [-0.39, 0.29) is 42.2 Å². The van der Waals surface area contributed by atoms with Crippen LogP contribution in [-0.4, -0.2) is 79.6 Å². The number of ether oxygens (including phenoxy) is 1. The molecule has 0 bridgehead atoms. The van der Waals surface area contributed by atoms with Crippen LogP contribution in [0.5, 0.6) is 5.75 Å². The van der Waals surface area contributed by atoms with E-state index in [1.54, 1.807) is 11.0 Å². The van der Waals surface area contributed by atoms with Gasteiger partial charge in [0.2, 0.25) is 11.8 Å². The van der Waals surface area contributed by atoms with Crippen LogP contribution >= 0.6 is 0 Å². The van der Waals surface area contributed by atoms with Crippen molar-refractivity contribution in [2.24, 2.45) is 5.92 Å². The van der Waals surface area contributed by atoms with E-state index in [2.05, 4.69) is 10.5 Å². The van der Waals surface area contributed by atoms with Gasteiger partial charge in [-0.3, -0.25) is 34.2 Å². The molecule has 0 saturated carbocycles. The first kappa shape index (κ1) is 23.0. The van der Waals surface area contributed by atoms with E-state index in [1.807, 2.05) is 7.98 Å². The second kappa shape index (κ2) is 9.74. The molecule has 1 atom stereocenters. The second-order valence-electron chi connectivity index (χ2n) is 8.63. The molecule has 10 nitrogen and oxygen atoms in total. The van der Waals surface area contributed by atoms with Crippen molar-refractivity contribution >= 4 is 37.5 Å². The minimum Gasteiger partial charge on any atom is -0.483 e. The molecule has 2 N–H and O–H groups in total. The minimum absolute atomic E-state index is 0.0470. The van der Waals surface area contributed by atoms with Gasteiger partial charge in [0, 0.05) is 19.5 Å². The van der Waals surface area contributed by atoms with Crippen molar-refractivity contribution < 1.29 is 28.7 Å². The van der Waals surface area contributed by atoms with Crippen LogP contribution in [-0.2, 0) is 14.4 Å². The number of imide groups is 2. The Labute approximate surface area is 192 Å². The first-order valence-corrected chi connectivity index (χ1v) is 11.3. The summed E-state index contributed by atoms with van der Waals surface area (Å²) < 4.78 is 5.70. The summed E-state index contributed by atoms with van der Waals surface area (Å²) >= 11 is 0. The zero-order valence-corrected chi connectivity index (χ0v) is 18.6. The third kappa shape index (κ3) is 4.63. The lowest BCUT2D eigenvalue weighted by atomic mass is 9.93. The van der Waals surface area contributed by atoms with Crippen molar-refractivity contribution in [3.63, 3.8) is 0 Å². The highest BCUT2D eigenvalue weighted by molar-refractivity contribution is 6.24. The Balaban J connectivity index is 1.41. The maximum absolute atomic E-state index is 13.1. The topological polar surface area (TPSA) is 125 Å². The molecule has 1 aromatic carbocycles. The monoisotopic (exact) mass is 454 g/mol. The summed E-state index contributed by atoms with van der Waals surface area (Å²) in [6, 6.07) is 3.56. The largest absolute Gasteiger partial charge is 0.483 e. The predicted octanol–water partition coefficient (Wildman–Crippen LogP) is -0.767. The van der Waals surface area contributed by atoms with Crippen LogP contribution in [0.4, 0.5) is 0 Å². The number of carbonyl (C=O) groups excluding carboxylic acids is 5. The zero-order valence-electron chi connectivity index (χ0n) is 18.6. The average Bonchev–Trinajstić information content (AvgIpc) is 3.07. The number of benzene rings is 1. The Hall–Kier alpha value is -3.21. The maximum Gasteiger partial charge on any atom is 0.266 e. The molecule has 0 aromatic heterocycles. The molecule has 0 radical (unpaired) electrons.